The van der Waals surface area contributed by atoms with Gasteiger partial charge in [0.1, 0.15) is 7.05 Å². The fourth-order valence-corrected chi connectivity index (χ4v) is 3.06. The normalized spacial score (nSPS) is 10.4. The minimum Gasteiger partial charge on any atom is -1.00 e. The molecule has 0 unspecified atom stereocenters. The standard InChI is InChI=1S/C22H18N.HI/c1-23-15-14-22-20(16-23)8-5-9-21(22)19-12-10-18(11-13-19)17-6-3-2-4-7-17;/h2-16H,1H3;1H/q+1;/p-1. The summed E-state index contributed by atoms with van der Waals surface area (Å²) in [6.45, 7) is 0. The van der Waals surface area contributed by atoms with Crippen molar-refractivity contribution in [2.45, 2.75) is 0 Å². The van der Waals surface area contributed by atoms with Crippen LogP contribution in [0.25, 0.3) is 33.0 Å². The van der Waals surface area contributed by atoms with Crippen molar-refractivity contribution in [3.8, 4) is 22.3 Å². The molecule has 1 nitrogen and oxygen atoms in total. The molecule has 118 valence electrons. The number of pyridine rings is 1. The summed E-state index contributed by atoms with van der Waals surface area (Å²) in [6, 6.07) is 28.0. The summed E-state index contributed by atoms with van der Waals surface area (Å²) < 4.78 is 2.09. The number of aryl methyl sites for hydroxylation is 1. The topological polar surface area (TPSA) is 3.88 Å². The Bertz CT molecular complexity index is 960. The Balaban J connectivity index is 0.00000169. The lowest BCUT2D eigenvalue weighted by Crippen LogP contribution is -3.00. The predicted molar refractivity (Wildman–Crippen MR) is 96.0 cm³/mol. The number of nitrogens with zero attached hydrogens (tertiary/aromatic N) is 1. The lowest BCUT2D eigenvalue weighted by atomic mass is 9.97. The van der Waals surface area contributed by atoms with Gasteiger partial charge >= 0.3 is 0 Å². The second-order valence-electron chi connectivity index (χ2n) is 5.86. The monoisotopic (exact) mass is 423 g/mol. The van der Waals surface area contributed by atoms with Crippen LogP contribution in [0.5, 0.6) is 0 Å². The Morgan fingerprint density at radius 2 is 1.29 bits per heavy atom. The minimum absolute atomic E-state index is 0. The zero-order valence-electron chi connectivity index (χ0n) is 13.5. The van der Waals surface area contributed by atoms with Crippen LogP contribution in [-0.4, -0.2) is 0 Å². The summed E-state index contributed by atoms with van der Waals surface area (Å²) in [5, 5.41) is 2.55. The Labute approximate surface area is 159 Å². The molecule has 0 atom stereocenters. The van der Waals surface area contributed by atoms with Crippen LogP contribution in [0.4, 0.5) is 0 Å². The summed E-state index contributed by atoms with van der Waals surface area (Å²) in [6.07, 6.45) is 4.27. The maximum Gasteiger partial charge on any atom is 0.176 e. The fraction of sp³-hybridized carbons (Fsp3) is 0.0455. The Hall–Kier alpha value is -2.20. The quantitative estimate of drug-likeness (QED) is 0.343. The molecule has 0 fully saturated rings. The summed E-state index contributed by atoms with van der Waals surface area (Å²) in [5.74, 6) is 0. The highest BCUT2D eigenvalue weighted by Gasteiger charge is 2.06. The number of hydrogen-bond donors (Lipinski definition) is 0. The fourth-order valence-electron chi connectivity index (χ4n) is 3.06. The first kappa shape index (κ1) is 16.7. The predicted octanol–water partition coefficient (Wildman–Crippen LogP) is 2.00. The maximum atomic E-state index is 2.21. The van der Waals surface area contributed by atoms with Crippen LogP contribution in [0, 0.1) is 0 Å². The molecule has 0 saturated heterocycles. The van der Waals surface area contributed by atoms with E-state index in [0.29, 0.717) is 0 Å². The average molecular weight is 423 g/mol. The van der Waals surface area contributed by atoms with Gasteiger partial charge in [0.25, 0.3) is 0 Å². The third-order valence-electron chi connectivity index (χ3n) is 4.26. The summed E-state index contributed by atoms with van der Waals surface area (Å²) in [5.41, 5.74) is 5.04. The zero-order valence-corrected chi connectivity index (χ0v) is 15.6. The molecule has 4 rings (SSSR count). The van der Waals surface area contributed by atoms with E-state index in [1.54, 1.807) is 0 Å². The van der Waals surface area contributed by atoms with Crippen LogP contribution in [-0.2, 0) is 7.05 Å². The van der Waals surface area contributed by atoms with Crippen LogP contribution >= 0.6 is 0 Å². The lowest BCUT2D eigenvalue weighted by Gasteiger charge is -2.07. The van der Waals surface area contributed by atoms with Gasteiger partial charge in [-0.05, 0) is 28.3 Å². The first-order valence-electron chi connectivity index (χ1n) is 7.85. The van der Waals surface area contributed by atoms with Gasteiger partial charge in [-0.3, -0.25) is 0 Å². The second kappa shape index (κ2) is 7.14. The van der Waals surface area contributed by atoms with Crippen LogP contribution in [0.3, 0.4) is 0 Å². The molecular formula is C22H18IN. The number of halogens is 1. The van der Waals surface area contributed by atoms with Gasteiger partial charge in [-0.15, -0.1) is 0 Å². The van der Waals surface area contributed by atoms with E-state index in [-0.39, 0.29) is 24.0 Å². The van der Waals surface area contributed by atoms with Crippen LogP contribution in [0.2, 0.25) is 0 Å². The molecule has 0 bridgehead atoms. The Morgan fingerprint density at radius 1 is 0.625 bits per heavy atom. The highest BCUT2D eigenvalue weighted by atomic mass is 127. The van der Waals surface area contributed by atoms with Gasteiger partial charge in [-0.1, -0.05) is 66.7 Å². The molecular weight excluding hydrogens is 405 g/mol. The number of aromatic nitrogens is 1. The summed E-state index contributed by atoms with van der Waals surface area (Å²) in [7, 11) is 2.06. The van der Waals surface area contributed by atoms with Crippen LogP contribution in [0.15, 0.2) is 91.3 Å². The van der Waals surface area contributed by atoms with Gasteiger partial charge in [0, 0.05) is 16.8 Å². The molecule has 1 heterocycles. The van der Waals surface area contributed by atoms with Crippen molar-refractivity contribution < 1.29 is 28.5 Å². The largest absolute Gasteiger partial charge is 1.00 e. The minimum atomic E-state index is 0. The lowest BCUT2D eigenvalue weighted by molar-refractivity contribution is -0.670. The molecule has 24 heavy (non-hydrogen) atoms. The maximum absolute atomic E-state index is 2.21. The van der Waals surface area contributed by atoms with E-state index in [9.17, 15) is 0 Å². The van der Waals surface area contributed by atoms with Gasteiger partial charge in [-0.25, -0.2) is 4.57 Å². The van der Waals surface area contributed by atoms with E-state index >= 15 is 0 Å². The van der Waals surface area contributed by atoms with Crippen molar-refractivity contribution in [3.63, 3.8) is 0 Å². The zero-order chi connectivity index (χ0) is 15.6. The van der Waals surface area contributed by atoms with Crippen LogP contribution < -0.4 is 28.5 Å². The van der Waals surface area contributed by atoms with Crippen molar-refractivity contribution in [2.75, 3.05) is 0 Å². The summed E-state index contributed by atoms with van der Waals surface area (Å²) in [4.78, 5) is 0. The first-order chi connectivity index (χ1) is 11.3. The van der Waals surface area contributed by atoms with Gasteiger partial charge in [-0.2, -0.15) is 0 Å². The molecule has 0 N–H and O–H groups in total. The number of benzene rings is 3. The molecule has 0 aliphatic rings. The van der Waals surface area contributed by atoms with Gasteiger partial charge in [0.15, 0.2) is 12.4 Å². The number of fused-ring (bicyclic) bond motifs is 1. The average Bonchev–Trinajstić information content (AvgIpc) is 2.62. The third-order valence-corrected chi connectivity index (χ3v) is 4.26. The molecule has 0 amide bonds. The molecule has 0 saturated carbocycles. The summed E-state index contributed by atoms with van der Waals surface area (Å²) >= 11 is 0. The molecule has 4 aromatic rings. The van der Waals surface area contributed by atoms with Crippen molar-refractivity contribution in [3.05, 3.63) is 91.3 Å². The third kappa shape index (κ3) is 3.20. The van der Waals surface area contributed by atoms with Crippen LogP contribution in [0.1, 0.15) is 0 Å². The number of hydrogen-bond acceptors (Lipinski definition) is 0. The molecule has 0 spiro atoms. The number of rotatable bonds is 2. The van der Waals surface area contributed by atoms with Crippen molar-refractivity contribution in [2.24, 2.45) is 7.05 Å². The molecule has 3 aromatic carbocycles. The van der Waals surface area contributed by atoms with E-state index in [2.05, 4.69) is 96.8 Å². The Morgan fingerprint density at radius 3 is 2.04 bits per heavy atom. The molecule has 0 aliphatic carbocycles. The highest BCUT2D eigenvalue weighted by Crippen LogP contribution is 2.29. The van der Waals surface area contributed by atoms with Gasteiger partial charge in [0.05, 0.1) is 0 Å². The van der Waals surface area contributed by atoms with E-state index in [1.807, 2.05) is 6.07 Å². The van der Waals surface area contributed by atoms with E-state index < -0.39 is 0 Å². The SMILES string of the molecule is C[n+]1ccc2c(-c3ccc(-c4ccccc4)cc3)cccc2c1.[I-]. The van der Waals surface area contributed by atoms with Crippen molar-refractivity contribution in [1.82, 2.24) is 0 Å². The smallest absolute Gasteiger partial charge is 0.176 e. The molecule has 1 aromatic heterocycles. The van der Waals surface area contributed by atoms with E-state index in [0.717, 1.165) is 0 Å². The Kier molecular flexibility index (Phi) is 4.95. The van der Waals surface area contributed by atoms with E-state index in [1.165, 1.54) is 33.0 Å². The molecule has 0 radical (unpaired) electrons. The molecule has 2 heteroatoms. The van der Waals surface area contributed by atoms with E-state index in [4.69, 9.17) is 0 Å². The van der Waals surface area contributed by atoms with Crippen molar-refractivity contribution in [1.29, 1.82) is 0 Å². The van der Waals surface area contributed by atoms with Crippen molar-refractivity contribution >= 4 is 10.8 Å². The van der Waals surface area contributed by atoms with Gasteiger partial charge < -0.3 is 24.0 Å². The second-order valence-corrected chi connectivity index (χ2v) is 5.86. The first-order valence-corrected chi connectivity index (χ1v) is 7.85. The van der Waals surface area contributed by atoms with Gasteiger partial charge in [0.2, 0.25) is 0 Å². The molecule has 0 aliphatic heterocycles. The highest BCUT2D eigenvalue weighted by molar-refractivity contribution is 5.95.